The molecule has 1 N–H and O–H groups in total. The Labute approximate surface area is 305 Å². The number of methoxy groups -OCH3 is 1. The van der Waals surface area contributed by atoms with Gasteiger partial charge in [0.2, 0.25) is 11.8 Å². The highest BCUT2D eigenvalue weighted by atomic mass is 32.1. The molecule has 0 unspecified atom stereocenters. The number of thiazole rings is 1. The molecule has 1 saturated carbocycles. The van der Waals surface area contributed by atoms with E-state index in [9.17, 15) is 14.4 Å². The zero-order valence-electron chi connectivity index (χ0n) is 30.6. The van der Waals surface area contributed by atoms with Crippen LogP contribution >= 0.6 is 11.3 Å². The molecule has 11 heteroatoms. The maximum absolute atomic E-state index is 14.1. The van der Waals surface area contributed by atoms with Gasteiger partial charge in [0.05, 0.1) is 36.8 Å². The Hall–Kier alpha value is -4.51. The Morgan fingerprint density at radius 1 is 1.16 bits per heavy atom. The van der Waals surface area contributed by atoms with E-state index in [2.05, 4.69) is 37.7 Å². The third-order valence-corrected chi connectivity index (χ3v) is 10.8. The molecule has 3 aromatic rings. The van der Waals surface area contributed by atoms with Gasteiger partial charge >= 0.3 is 5.97 Å². The Balaban J connectivity index is 1.49. The average molecular weight is 715 g/mol. The Bertz CT molecular complexity index is 1830. The number of benzene rings is 1. The van der Waals surface area contributed by atoms with Gasteiger partial charge < -0.3 is 24.4 Å². The number of allylic oxidation sites excluding steroid dienone is 3. The molecule has 2 heterocycles. The molecule has 1 fully saturated rings. The number of aryl methyl sites for hydroxylation is 1. The molecular weight excluding hydrogens is 665 g/mol. The number of rotatable bonds is 16. The fraction of sp³-hybridized carbons (Fsp3) is 0.475. The van der Waals surface area contributed by atoms with E-state index in [0.717, 1.165) is 46.4 Å². The first kappa shape index (κ1) is 37.7. The summed E-state index contributed by atoms with van der Waals surface area (Å²) in [6.07, 6.45) is 8.89. The molecule has 0 bridgehead atoms. The van der Waals surface area contributed by atoms with E-state index in [0.29, 0.717) is 35.9 Å². The largest absolute Gasteiger partial charge is 0.496 e. The third-order valence-electron chi connectivity index (χ3n) is 9.91. The number of hydrogen-bond acceptors (Lipinski definition) is 9. The standard InChI is InChI=1S/C40H50N4O6S/c1-9-12-13-14-19-44(7)38(46)30-20-27(15-16-28(30)36(45)43-40(22-26(40)10-2)39(47)49-11-3)50-34-21-31(37-42-32(23-51-37)24(4)5)41-35-25(6)33(48-8)18-17-29(34)35/h9-10,15,17-18,21,23-24,26,28,30H,1-2,11-14,16,19-20,22H2,3-8H3,(H,43,45)/t26-,28-,30-,40-/m1/s1. The normalized spacial score (nSPS) is 21.1. The van der Waals surface area contributed by atoms with E-state index >= 15 is 0 Å². The fourth-order valence-electron chi connectivity index (χ4n) is 6.71. The summed E-state index contributed by atoms with van der Waals surface area (Å²) in [5.74, 6) is -0.484. The van der Waals surface area contributed by atoms with Crippen molar-refractivity contribution in [2.45, 2.75) is 77.7 Å². The number of carbonyl (C=O) groups is 3. The first-order valence-electron chi connectivity index (χ1n) is 17.8. The van der Waals surface area contributed by atoms with Crippen molar-refractivity contribution >= 4 is 40.0 Å². The SMILES string of the molecule is C=CCCCCN(C)C(=O)[C@@H]1CC(Oc2cc(-c3nc(C(C)C)cs3)nc3c(C)c(OC)ccc23)=CC[C@H]1C(=O)N[C@]1(C(=O)OCC)C[C@H]1C=C. The molecule has 0 radical (unpaired) electrons. The number of carbonyl (C=O) groups excluding carboxylic acids is 3. The molecule has 0 aliphatic heterocycles. The van der Waals surface area contributed by atoms with Crippen LogP contribution in [0.3, 0.4) is 0 Å². The van der Waals surface area contributed by atoms with Crippen molar-refractivity contribution in [3.63, 3.8) is 0 Å². The Kier molecular flexibility index (Phi) is 12.0. The number of nitrogens with one attached hydrogen (secondary N) is 1. The van der Waals surface area contributed by atoms with Crippen LogP contribution in [-0.2, 0) is 19.1 Å². The summed E-state index contributed by atoms with van der Waals surface area (Å²) in [4.78, 5) is 52.7. The summed E-state index contributed by atoms with van der Waals surface area (Å²) >= 11 is 1.53. The molecular formula is C40H50N4O6S. The van der Waals surface area contributed by atoms with Crippen molar-refractivity contribution in [2.24, 2.45) is 17.8 Å². The van der Waals surface area contributed by atoms with Gasteiger partial charge in [0.1, 0.15) is 33.5 Å². The highest BCUT2D eigenvalue weighted by Crippen LogP contribution is 2.46. The predicted molar refractivity (Wildman–Crippen MR) is 201 cm³/mol. The van der Waals surface area contributed by atoms with Crippen LogP contribution in [0.15, 0.2) is 60.7 Å². The Morgan fingerprint density at radius 3 is 2.59 bits per heavy atom. The van der Waals surface area contributed by atoms with Crippen molar-refractivity contribution in [1.29, 1.82) is 0 Å². The molecule has 4 atom stereocenters. The summed E-state index contributed by atoms with van der Waals surface area (Å²) in [5.41, 5.74) is 2.12. The molecule has 0 spiro atoms. The lowest BCUT2D eigenvalue weighted by atomic mass is 9.80. The van der Waals surface area contributed by atoms with E-state index < -0.39 is 23.3 Å². The summed E-state index contributed by atoms with van der Waals surface area (Å²) in [6, 6.07) is 5.71. The highest BCUT2D eigenvalue weighted by molar-refractivity contribution is 7.13. The molecule has 1 aromatic carbocycles. The number of esters is 1. The van der Waals surface area contributed by atoms with E-state index in [1.807, 2.05) is 37.3 Å². The third kappa shape index (κ3) is 8.03. The lowest BCUT2D eigenvalue weighted by Crippen LogP contribution is -2.51. The van der Waals surface area contributed by atoms with Crippen LogP contribution in [0.25, 0.3) is 21.6 Å². The number of pyridine rings is 1. The van der Waals surface area contributed by atoms with Crippen LogP contribution in [-0.4, -0.2) is 65.5 Å². The first-order chi connectivity index (χ1) is 24.5. The summed E-state index contributed by atoms with van der Waals surface area (Å²) in [7, 11) is 3.41. The van der Waals surface area contributed by atoms with Crippen molar-refractivity contribution in [3.8, 4) is 22.2 Å². The Morgan fingerprint density at radius 2 is 1.94 bits per heavy atom. The second-order valence-electron chi connectivity index (χ2n) is 13.7. The van der Waals surface area contributed by atoms with Crippen LogP contribution < -0.4 is 14.8 Å². The van der Waals surface area contributed by atoms with E-state index in [-0.39, 0.29) is 43.1 Å². The molecule has 5 rings (SSSR count). The van der Waals surface area contributed by atoms with Crippen molar-refractivity contribution in [2.75, 3.05) is 27.3 Å². The van der Waals surface area contributed by atoms with Crippen LogP contribution in [0, 0.1) is 24.7 Å². The van der Waals surface area contributed by atoms with Crippen LogP contribution in [0.2, 0.25) is 0 Å². The number of amides is 2. The van der Waals surface area contributed by atoms with Crippen LogP contribution in [0.1, 0.15) is 76.5 Å². The summed E-state index contributed by atoms with van der Waals surface area (Å²) < 4.78 is 17.6. The maximum Gasteiger partial charge on any atom is 0.332 e. The van der Waals surface area contributed by atoms with Gasteiger partial charge in [-0.05, 0) is 70.1 Å². The fourth-order valence-corrected chi connectivity index (χ4v) is 7.65. The number of hydrogen-bond donors (Lipinski definition) is 1. The van der Waals surface area contributed by atoms with E-state index in [1.165, 1.54) is 11.3 Å². The zero-order chi connectivity index (χ0) is 36.9. The number of aromatic nitrogens is 2. The van der Waals surface area contributed by atoms with Gasteiger partial charge in [-0.2, -0.15) is 0 Å². The molecule has 2 amide bonds. The second-order valence-corrected chi connectivity index (χ2v) is 14.6. The minimum absolute atomic E-state index is 0.144. The minimum Gasteiger partial charge on any atom is -0.496 e. The van der Waals surface area contributed by atoms with Gasteiger partial charge in [0.25, 0.3) is 0 Å². The molecule has 0 saturated heterocycles. The van der Waals surface area contributed by atoms with Gasteiger partial charge in [-0.15, -0.1) is 24.5 Å². The maximum atomic E-state index is 14.1. The van der Waals surface area contributed by atoms with Gasteiger partial charge in [-0.25, -0.2) is 14.8 Å². The average Bonchev–Trinajstić information content (AvgIpc) is 3.60. The number of nitrogens with zero attached hydrogens (tertiary/aromatic N) is 3. The summed E-state index contributed by atoms with van der Waals surface area (Å²) in [5, 5.41) is 6.61. The van der Waals surface area contributed by atoms with Crippen LogP contribution in [0.5, 0.6) is 11.5 Å². The lowest BCUT2D eigenvalue weighted by Gasteiger charge is -2.33. The van der Waals surface area contributed by atoms with Crippen molar-refractivity contribution < 1.29 is 28.6 Å². The number of fused-ring (bicyclic) bond motifs is 1. The summed E-state index contributed by atoms with van der Waals surface area (Å²) in [6.45, 7) is 16.3. The van der Waals surface area contributed by atoms with Gasteiger partial charge in [0, 0.05) is 48.3 Å². The number of ether oxygens (including phenoxy) is 3. The molecule has 2 aliphatic carbocycles. The number of unbranched alkanes of at least 4 members (excludes halogenated alkanes) is 2. The van der Waals surface area contributed by atoms with Gasteiger partial charge in [-0.3, -0.25) is 9.59 Å². The zero-order valence-corrected chi connectivity index (χ0v) is 31.4. The monoisotopic (exact) mass is 714 g/mol. The second kappa shape index (κ2) is 16.2. The van der Waals surface area contributed by atoms with Crippen molar-refractivity contribution in [3.05, 3.63) is 72.0 Å². The van der Waals surface area contributed by atoms with E-state index in [1.54, 1.807) is 32.1 Å². The highest BCUT2D eigenvalue weighted by Gasteiger charge is 2.61. The minimum atomic E-state index is -1.16. The van der Waals surface area contributed by atoms with E-state index in [4.69, 9.17) is 24.2 Å². The predicted octanol–water partition coefficient (Wildman–Crippen LogP) is 7.53. The first-order valence-corrected chi connectivity index (χ1v) is 18.6. The van der Waals surface area contributed by atoms with Gasteiger partial charge in [0.15, 0.2) is 0 Å². The quantitative estimate of drug-likeness (QED) is 0.0919. The topological polar surface area (TPSA) is 120 Å². The lowest BCUT2D eigenvalue weighted by molar-refractivity contribution is -0.150. The molecule has 51 heavy (non-hydrogen) atoms. The van der Waals surface area contributed by atoms with Crippen LogP contribution in [0.4, 0.5) is 0 Å². The van der Waals surface area contributed by atoms with Crippen molar-refractivity contribution in [1.82, 2.24) is 20.2 Å². The molecule has 2 aliphatic rings. The molecule has 10 nitrogen and oxygen atoms in total. The van der Waals surface area contributed by atoms with Gasteiger partial charge in [-0.1, -0.05) is 26.0 Å². The molecule has 2 aromatic heterocycles. The smallest absolute Gasteiger partial charge is 0.332 e. The molecule has 272 valence electrons.